The van der Waals surface area contributed by atoms with Gasteiger partial charge in [-0.1, -0.05) is 12.1 Å². The third-order valence-corrected chi connectivity index (χ3v) is 3.11. The minimum absolute atomic E-state index is 0.0332. The average molecular weight is 288 g/mol. The van der Waals surface area contributed by atoms with Crippen molar-refractivity contribution in [3.63, 3.8) is 0 Å². The fourth-order valence-electron chi connectivity index (χ4n) is 2.07. The molecule has 3 N–H and O–H groups in total. The Hall–Kier alpha value is -2.50. The van der Waals surface area contributed by atoms with Crippen molar-refractivity contribution in [1.82, 2.24) is 9.55 Å². The highest BCUT2D eigenvalue weighted by atomic mass is 16.5. The quantitative estimate of drug-likeness (QED) is 0.814. The molecule has 1 aromatic carbocycles. The highest BCUT2D eigenvalue weighted by molar-refractivity contribution is 5.73. The molecule has 0 aliphatic heterocycles. The Bertz CT molecular complexity index is 609. The molecule has 2 rings (SSSR count). The number of hydrogen-bond donors (Lipinski definition) is 2. The van der Waals surface area contributed by atoms with E-state index in [9.17, 15) is 4.79 Å². The van der Waals surface area contributed by atoms with Crippen LogP contribution in [-0.2, 0) is 11.8 Å². The maximum atomic E-state index is 10.8. The predicted molar refractivity (Wildman–Crippen MR) is 81.0 cm³/mol. The lowest BCUT2D eigenvalue weighted by atomic mass is 10.2. The van der Waals surface area contributed by atoms with Gasteiger partial charge < -0.3 is 20.4 Å². The summed E-state index contributed by atoms with van der Waals surface area (Å²) in [6, 6.07) is 7.63. The molecule has 6 nitrogen and oxygen atoms in total. The number of primary amides is 1. The number of hydrogen-bond acceptors (Lipinski definition) is 4. The summed E-state index contributed by atoms with van der Waals surface area (Å²) < 4.78 is 7.57. The number of anilines is 1. The molecule has 1 heterocycles. The van der Waals surface area contributed by atoms with Gasteiger partial charge in [0.25, 0.3) is 0 Å². The number of para-hydroxylation sites is 2. The molecule has 0 fully saturated rings. The lowest BCUT2D eigenvalue weighted by Gasteiger charge is -2.18. The molecular weight excluding hydrogens is 268 g/mol. The molecule has 1 atom stereocenters. The Labute approximate surface area is 123 Å². The topological polar surface area (TPSA) is 82.2 Å². The SMILES string of the molecule is CC(Nc1ccccc1OCCC(N)=O)c1nccn1C. The van der Waals surface area contributed by atoms with E-state index in [0.717, 1.165) is 11.5 Å². The summed E-state index contributed by atoms with van der Waals surface area (Å²) in [5.74, 6) is 1.25. The normalized spacial score (nSPS) is 11.9. The van der Waals surface area contributed by atoms with Crippen molar-refractivity contribution in [2.45, 2.75) is 19.4 Å². The number of carbonyl (C=O) groups is 1. The summed E-state index contributed by atoms with van der Waals surface area (Å²) in [6.45, 7) is 2.30. The van der Waals surface area contributed by atoms with Gasteiger partial charge in [-0.2, -0.15) is 0 Å². The molecule has 1 unspecified atom stereocenters. The highest BCUT2D eigenvalue weighted by Crippen LogP contribution is 2.27. The second kappa shape index (κ2) is 6.78. The van der Waals surface area contributed by atoms with Crippen LogP contribution in [0, 0.1) is 0 Å². The van der Waals surface area contributed by atoms with Crippen LogP contribution in [0.15, 0.2) is 36.7 Å². The zero-order valence-electron chi connectivity index (χ0n) is 12.2. The van der Waals surface area contributed by atoms with E-state index in [1.807, 2.05) is 49.0 Å². The van der Waals surface area contributed by atoms with Crippen molar-refractivity contribution >= 4 is 11.6 Å². The second-order valence-corrected chi connectivity index (χ2v) is 4.82. The Morgan fingerprint density at radius 3 is 2.90 bits per heavy atom. The van der Waals surface area contributed by atoms with Crippen LogP contribution in [0.4, 0.5) is 5.69 Å². The second-order valence-electron chi connectivity index (χ2n) is 4.82. The summed E-state index contributed by atoms with van der Waals surface area (Å²) in [5.41, 5.74) is 5.97. The molecule has 0 saturated carbocycles. The van der Waals surface area contributed by atoms with Gasteiger partial charge >= 0.3 is 0 Å². The van der Waals surface area contributed by atoms with Crippen molar-refractivity contribution in [3.8, 4) is 5.75 Å². The Morgan fingerprint density at radius 1 is 1.48 bits per heavy atom. The molecule has 0 radical (unpaired) electrons. The molecule has 2 aromatic rings. The largest absolute Gasteiger partial charge is 0.491 e. The fourth-order valence-corrected chi connectivity index (χ4v) is 2.07. The van der Waals surface area contributed by atoms with Gasteiger partial charge in [0.15, 0.2) is 0 Å². The molecule has 1 aromatic heterocycles. The van der Waals surface area contributed by atoms with Gasteiger partial charge in [0, 0.05) is 19.4 Å². The number of nitrogens with one attached hydrogen (secondary N) is 1. The molecule has 1 amide bonds. The van der Waals surface area contributed by atoms with Gasteiger partial charge in [0.2, 0.25) is 5.91 Å². The zero-order valence-corrected chi connectivity index (χ0v) is 12.2. The number of benzene rings is 1. The number of nitrogens with two attached hydrogens (primary N) is 1. The predicted octanol–water partition coefficient (Wildman–Crippen LogP) is 1.85. The molecule has 0 spiro atoms. The van der Waals surface area contributed by atoms with Crippen molar-refractivity contribution in [2.24, 2.45) is 12.8 Å². The van der Waals surface area contributed by atoms with Crippen LogP contribution in [0.25, 0.3) is 0 Å². The summed E-state index contributed by atoms with van der Waals surface area (Å²) in [7, 11) is 1.95. The van der Waals surface area contributed by atoms with Gasteiger partial charge in [-0.15, -0.1) is 0 Å². The van der Waals surface area contributed by atoms with E-state index in [1.54, 1.807) is 6.20 Å². The molecular formula is C15H20N4O2. The first-order chi connectivity index (χ1) is 10.1. The lowest BCUT2D eigenvalue weighted by molar-refractivity contribution is -0.118. The van der Waals surface area contributed by atoms with E-state index in [2.05, 4.69) is 10.3 Å². The van der Waals surface area contributed by atoms with Crippen LogP contribution >= 0.6 is 0 Å². The Balaban J connectivity index is 2.06. The number of nitrogens with zero attached hydrogens (tertiary/aromatic N) is 2. The van der Waals surface area contributed by atoms with Crippen LogP contribution in [0.1, 0.15) is 25.2 Å². The van der Waals surface area contributed by atoms with Crippen LogP contribution in [0.3, 0.4) is 0 Å². The van der Waals surface area contributed by atoms with Gasteiger partial charge in [0.05, 0.1) is 24.8 Å². The number of amides is 1. The standard InChI is InChI=1S/C15H20N4O2/c1-11(15-17-8-9-19(15)2)18-12-5-3-4-6-13(12)21-10-7-14(16)20/h3-6,8-9,11,18H,7,10H2,1-2H3,(H2,16,20). The summed E-state index contributed by atoms with van der Waals surface area (Å²) in [5, 5.41) is 3.37. The van der Waals surface area contributed by atoms with E-state index in [4.69, 9.17) is 10.5 Å². The third kappa shape index (κ3) is 3.98. The van der Waals surface area contributed by atoms with E-state index in [-0.39, 0.29) is 25.0 Å². The minimum Gasteiger partial charge on any atom is -0.491 e. The Morgan fingerprint density at radius 2 is 2.24 bits per heavy atom. The number of ether oxygens (including phenoxy) is 1. The highest BCUT2D eigenvalue weighted by Gasteiger charge is 2.12. The number of aryl methyl sites for hydroxylation is 1. The van der Waals surface area contributed by atoms with Crippen LogP contribution in [-0.4, -0.2) is 22.1 Å². The molecule has 0 aliphatic carbocycles. The number of imidazole rings is 1. The van der Waals surface area contributed by atoms with Crippen molar-refractivity contribution in [1.29, 1.82) is 0 Å². The van der Waals surface area contributed by atoms with Crippen molar-refractivity contribution in [3.05, 3.63) is 42.5 Å². The van der Waals surface area contributed by atoms with Crippen LogP contribution in [0.5, 0.6) is 5.75 Å². The van der Waals surface area contributed by atoms with E-state index in [1.165, 1.54) is 0 Å². The number of rotatable bonds is 7. The van der Waals surface area contributed by atoms with Crippen molar-refractivity contribution in [2.75, 3.05) is 11.9 Å². The smallest absolute Gasteiger partial charge is 0.220 e. The Kier molecular flexibility index (Phi) is 4.81. The molecule has 0 bridgehead atoms. The van der Waals surface area contributed by atoms with Crippen LogP contribution < -0.4 is 15.8 Å². The van der Waals surface area contributed by atoms with E-state index < -0.39 is 0 Å². The molecule has 0 saturated heterocycles. The third-order valence-electron chi connectivity index (χ3n) is 3.11. The maximum Gasteiger partial charge on any atom is 0.220 e. The first kappa shape index (κ1) is 14.9. The van der Waals surface area contributed by atoms with Gasteiger partial charge in [-0.3, -0.25) is 4.79 Å². The van der Waals surface area contributed by atoms with E-state index in [0.29, 0.717) is 5.75 Å². The summed E-state index contributed by atoms with van der Waals surface area (Å²) >= 11 is 0. The molecule has 0 aliphatic rings. The van der Waals surface area contributed by atoms with Gasteiger partial charge in [-0.05, 0) is 19.1 Å². The van der Waals surface area contributed by atoms with Crippen LogP contribution in [0.2, 0.25) is 0 Å². The fraction of sp³-hybridized carbons (Fsp3) is 0.333. The minimum atomic E-state index is -0.373. The molecule has 6 heteroatoms. The maximum absolute atomic E-state index is 10.8. The van der Waals surface area contributed by atoms with Crippen molar-refractivity contribution < 1.29 is 9.53 Å². The van der Waals surface area contributed by atoms with Gasteiger partial charge in [0.1, 0.15) is 11.6 Å². The number of carbonyl (C=O) groups excluding carboxylic acids is 1. The molecule has 21 heavy (non-hydrogen) atoms. The summed E-state index contributed by atoms with van der Waals surface area (Å²) in [6.07, 6.45) is 3.87. The monoisotopic (exact) mass is 288 g/mol. The summed E-state index contributed by atoms with van der Waals surface area (Å²) in [4.78, 5) is 15.1. The van der Waals surface area contributed by atoms with Gasteiger partial charge in [-0.25, -0.2) is 4.98 Å². The zero-order chi connectivity index (χ0) is 15.2. The lowest BCUT2D eigenvalue weighted by Crippen LogP contribution is -2.16. The molecule has 112 valence electrons. The first-order valence-electron chi connectivity index (χ1n) is 6.82. The first-order valence-corrected chi connectivity index (χ1v) is 6.82. The van der Waals surface area contributed by atoms with E-state index >= 15 is 0 Å². The number of aromatic nitrogens is 2. The average Bonchev–Trinajstić information content (AvgIpc) is 2.86.